The van der Waals surface area contributed by atoms with Gasteiger partial charge in [-0.15, -0.1) is 0 Å². The lowest BCUT2D eigenvalue weighted by Gasteiger charge is -2.26. The molecule has 2 rings (SSSR count). The molecule has 11 heteroatoms. The highest BCUT2D eigenvalue weighted by molar-refractivity contribution is 7.91. The number of sulfone groups is 1. The van der Waals surface area contributed by atoms with Gasteiger partial charge >= 0.3 is 5.69 Å². The van der Waals surface area contributed by atoms with Crippen LogP contribution in [0, 0.1) is 5.92 Å². The first kappa shape index (κ1) is 25.3. The van der Waals surface area contributed by atoms with Crippen molar-refractivity contribution < 1.29 is 8.42 Å². The van der Waals surface area contributed by atoms with Crippen molar-refractivity contribution >= 4 is 44.5 Å². The average Bonchev–Trinajstić information content (AvgIpc) is 2.68. The van der Waals surface area contributed by atoms with Crippen LogP contribution >= 0.6 is 23.2 Å². The molecule has 1 aromatic carbocycles. The minimum atomic E-state index is -3.78. The number of nitrogens with one attached hydrogen (secondary N) is 1. The number of H-pyrrole nitrogens is 1. The van der Waals surface area contributed by atoms with Gasteiger partial charge < -0.3 is 10.6 Å². The SMILES string of the molecule is CCCCN(CCS(=O)(=O)c1cc(Cl)ccc1Cl)c1c(N)n(CC(C)C)c(=O)[nH]c1=O. The van der Waals surface area contributed by atoms with E-state index >= 15 is 0 Å². The summed E-state index contributed by atoms with van der Waals surface area (Å²) in [7, 11) is -3.78. The van der Waals surface area contributed by atoms with Gasteiger partial charge in [0.1, 0.15) is 11.5 Å². The van der Waals surface area contributed by atoms with Crippen LogP contribution in [0.15, 0.2) is 32.7 Å². The van der Waals surface area contributed by atoms with Gasteiger partial charge in [0.05, 0.1) is 15.7 Å². The highest BCUT2D eigenvalue weighted by Gasteiger charge is 2.24. The number of nitrogens with two attached hydrogens (primary N) is 1. The smallest absolute Gasteiger partial charge is 0.330 e. The van der Waals surface area contributed by atoms with Crippen molar-refractivity contribution in [3.63, 3.8) is 0 Å². The molecule has 172 valence electrons. The zero-order valence-corrected chi connectivity index (χ0v) is 20.1. The van der Waals surface area contributed by atoms with Crippen molar-refractivity contribution in [1.29, 1.82) is 0 Å². The lowest BCUT2D eigenvalue weighted by Crippen LogP contribution is -2.41. The molecule has 0 aliphatic heterocycles. The molecule has 8 nitrogen and oxygen atoms in total. The van der Waals surface area contributed by atoms with Crippen LogP contribution < -0.4 is 21.9 Å². The maximum atomic E-state index is 12.9. The Balaban J connectivity index is 2.44. The number of unbranched alkanes of at least 4 members (excludes halogenated alkanes) is 1. The largest absolute Gasteiger partial charge is 0.383 e. The minimum absolute atomic E-state index is 0.00165. The zero-order valence-electron chi connectivity index (χ0n) is 17.8. The van der Waals surface area contributed by atoms with E-state index in [0.29, 0.717) is 19.5 Å². The van der Waals surface area contributed by atoms with Gasteiger partial charge in [-0.3, -0.25) is 14.3 Å². The van der Waals surface area contributed by atoms with Crippen molar-refractivity contribution in [3.8, 4) is 0 Å². The van der Waals surface area contributed by atoms with Gasteiger partial charge in [0, 0.05) is 24.7 Å². The van der Waals surface area contributed by atoms with Gasteiger partial charge in [0.25, 0.3) is 5.56 Å². The molecule has 0 aliphatic carbocycles. The molecule has 0 amide bonds. The summed E-state index contributed by atoms with van der Waals surface area (Å²) in [5.41, 5.74) is 5.08. The Morgan fingerprint density at radius 1 is 1.19 bits per heavy atom. The summed E-state index contributed by atoms with van der Waals surface area (Å²) in [6, 6.07) is 4.24. The van der Waals surface area contributed by atoms with E-state index < -0.39 is 21.1 Å². The van der Waals surface area contributed by atoms with E-state index in [2.05, 4.69) is 4.98 Å². The van der Waals surface area contributed by atoms with Crippen LogP contribution in [-0.4, -0.2) is 36.8 Å². The van der Waals surface area contributed by atoms with E-state index in [1.165, 1.54) is 22.8 Å². The lowest BCUT2D eigenvalue weighted by atomic mass is 10.2. The maximum absolute atomic E-state index is 12.9. The fraction of sp³-hybridized carbons (Fsp3) is 0.500. The summed E-state index contributed by atoms with van der Waals surface area (Å²) in [6.45, 7) is 6.56. The van der Waals surface area contributed by atoms with E-state index in [0.717, 1.165) is 6.42 Å². The van der Waals surface area contributed by atoms with Crippen molar-refractivity contribution in [2.75, 3.05) is 29.5 Å². The van der Waals surface area contributed by atoms with Crippen molar-refractivity contribution in [3.05, 3.63) is 49.1 Å². The Morgan fingerprint density at radius 2 is 1.87 bits per heavy atom. The van der Waals surface area contributed by atoms with E-state index in [1.807, 2.05) is 20.8 Å². The third kappa shape index (κ3) is 6.27. The van der Waals surface area contributed by atoms with Crippen LogP contribution in [0.2, 0.25) is 10.0 Å². The molecule has 0 saturated carbocycles. The van der Waals surface area contributed by atoms with Gasteiger partial charge in [-0.2, -0.15) is 0 Å². The molecule has 1 heterocycles. The predicted molar refractivity (Wildman–Crippen MR) is 126 cm³/mol. The summed E-state index contributed by atoms with van der Waals surface area (Å²) in [6.07, 6.45) is 1.53. The standard InChI is InChI=1S/C20H28Cl2N4O4S/c1-4-5-8-25(9-10-31(29,30)16-11-14(21)6-7-15(16)22)17-18(23)26(12-13(2)3)20(28)24-19(17)27/h6-7,11,13H,4-5,8-10,12,23H2,1-3H3,(H,24,27,28). The van der Waals surface area contributed by atoms with Crippen LogP contribution in [0.3, 0.4) is 0 Å². The van der Waals surface area contributed by atoms with Gasteiger partial charge in [0.15, 0.2) is 9.84 Å². The molecule has 0 atom stereocenters. The molecule has 3 N–H and O–H groups in total. The third-order valence-corrected chi connectivity index (χ3v) is 7.12. The summed E-state index contributed by atoms with van der Waals surface area (Å²) < 4.78 is 27.1. The molecule has 0 radical (unpaired) electrons. The quantitative estimate of drug-likeness (QED) is 0.527. The summed E-state index contributed by atoms with van der Waals surface area (Å²) in [5.74, 6) is -0.163. The second-order valence-corrected chi connectivity index (χ2v) is 10.7. The first-order valence-corrected chi connectivity index (χ1v) is 12.4. The Hall–Kier alpha value is -1.97. The lowest BCUT2D eigenvalue weighted by molar-refractivity contribution is 0.507. The monoisotopic (exact) mass is 490 g/mol. The summed E-state index contributed by atoms with van der Waals surface area (Å²) in [5, 5.41) is 0.333. The van der Waals surface area contributed by atoms with Crippen LogP contribution in [0.25, 0.3) is 0 Å². The molecule has 0 bridgehead atoms. The van der Waals surface area contributed by atoms with Crippen molar-refractivity contribution in [2.24, 2.45) is 5.92 Å². The second-order valence-electron chi connectivity index (χ2n) is 7.73. The normalized spacial score (nSPS) is 11.8. The number of benzene rings is 1. The Bertz CT molecular complexity index is 1140. The maximum Gasteiger partial charge on any atom is 0.330 e. The van der Waals surface area contributed by atoms with Gasteiger partial charge in [-0.25, -0.2) is 13.2 Å². The van der Waals surface area contributed by atoms with Crippen molar-refractivity contribution in [1.82, 2.24) is 9.55 Å². The zero-order chi connectivity index (χ0) is 23.3. The summed E-state index contributed by atoms with van der Waals surface area (Å²) >= 11 is 12.0. The van der Waals surface area contributed by atoms with E-state index in [-0.39, 0.29) is 44.7 Å². The molecule has 0 unspecified atom stereocenters. The fourth-order valence-electron chi connectivity index (χ4n) is 3.17. The predicted octanol–water partition coefficient (Wildman–Crippen LogP) is 3.16. The number of rotatable bonds is 10. The highest BCUT2D eigenvalue weighted by Crippen LogP contribution is 2.26. The number of hydrogen-bond donors (Lipinski definition) is 2. The number of anilines is 2. The van der Waals surface area contributed by atoms with Gasteiger partial charge in [-0.05, 0) is 30.5 Å². The number of aromatic amines is 1. The number of nitrogens with zero attached hydrogens (tertiary/aromatic N) is 2. The number of aromatic nitrogens is 2. The highest BCUT2D eigenvalue weighted by atomic mass is 35.5. The molecular formula is C20H28Cl2N4O4S. The van der Waals surface area contributed by atoms with E-state index in [9.17, 15) is 18.0 Å². The van der Waals surface area contributed by atoms with Gasteiger partial charge in [0.2, 0.25) is 0 Å². The molecule has 0 saturated heterocycles. The van der Waals surface area contributed by atoms with Crippen molar-refractivity contribution in [2.45, 2.75) is 45.1 Å². The molecule has 31 heavy (non-hydrogen) atoms. The van der Waals surface area contributed by atoms with E-state index in [1.54, 1.807) is 4.90 Å². The van der Waals surface area contributed by atoms with Crippen LogP contribution in [0.5, 0.6) is 0 Å². The van der Waals surface area contributed by atoms with Crippen LogP contribution in [0.1, 0.15) is 33.6 Å². The first-order chi connectivity index (χ1) is 14.5. The molecule has 2 aromatic rings. The van der Waals surface area contributed by atoms with E-state index in [4.69, 9.17) is 28.9 Å². The van der Waals surface area contributed by atoms with Crippen LogP contribution in [0.4, 0.5) is 11.5 Å². The second kappa shape index (κ2) is 10.6. The molecule has 0 aliphatic rings. The first-order valence-electron chi connectivity index (χ1n) is 10.0. The minimum Gasteiger partial charge on any atom is -0.383 e. The third-order valence-electron chi connectivity index (χ3n) is 4.72. The Kier molecular flexibility index (Phi) is 8.62. The number of nitrogen functional groups attached to an aromatic ring is 1. The molecule has 0 spiro atoms. The molecule has 0 fully saturated rings. The number of hydrogen-bond acceptors (Lipinski definition) is 6. The van der Waals surface area contributed by atoms with Crippen LogP contribution in [-0.2, 0) is 16.4 Å². The topological polar surface area (TPSA) is 118 Å². The Morgan fingerprint density at radius 3 is 2.48 bits per heavy atom. The fourth-order valence-corrected chi connectivity index (χ4v) is 5.23. The summed E-state index contributed by atoms with van der Waals surface area (Å²) in [4.78, 5) is 28.7. The number of halogens is 2. The average molecular weight is 491 g/mol. The Labute approximate surface area is 191 Å². The van der Waals surface area contributed by atoms with Gasteiger partial charge in [-0.1, -0.05) is 50.4 Å². The molecular weight excluding hydrogens is 463 g/mol. The molecule has 1 aromatic heterocycles.